The van der Waals surface area contributed by atoms with E-state index in [1.54, 1.807) is 12.1 Å². The molecule has 0 spiro atoms. The van der Waals surface area contributed by atoms with Gasteiger partial charge in [0.1, 0.15) is 0 Å². The molecule has 4 N–H and O–H groups in total. The number of likely N-dealkylation sites (tertiary alicyclic amines) is 1. The fourth-order valence-corrected chi connectivity index (χ4v) is 2.37. The van der Waals surface area contributed by atoms with E-state index in [1.165, 1.54) is 4.90 Å². The van der Waals surface area contributed by atoms with Gasteiger partial charge < -0.3 is 25.8 Å². The van der Waals surface area contributed by atoms with Crippen LogP contribution in [-0.2, 0) is 0 Å². The van der Waals surface area contributed by atoms with Crippen LogP contribution in [0.3, 0.4) is 0 Å². The zero-order valence-corrected chi connectivity index (χ0v) is 11.2. The molecule has 0 bridgehead atoms. The van der Waals surface area contributed by atoms with Crippen LogP contribution in [0, 0.1) is 0 Å². The molecule has 0 saturated carbocycles. The minimum atomic E-state index is -0.872. The summed E-state index contributed by atoms with van der Waals surface area (Å²) >= 11 is 0. The van der Waals surface area contributed by atoms with E-state index >= 15 is 0 Å². The maximum atomic E-state index is 10.9. The first-order chi connectivity index (χ1) is 9.52. The SMILES string of the molecule is CN(c1ccc(C(N)=NO)cc1)[C@H]1CCN(C(=O)O)C1. The summed E-state index contributed by atoms with van der Waals surface area (Å²) in [6, 6.07) is 7.45. The number of hydrogen-bond donors (Lipinski definition) is 3. The Bertz CT molecular complexity index is 515. The summed E-state index contributed by atoms with van der Waals surface area (Å²) < 4.78 is 0. The molecule has 1 aromatic rings. The number of nitrogens with two attached hydrogens (primary N) is 1. The third-order valence-electron chi connectivity index (χ3n) is 3.66. The van der Waals surface area contributed by atoms with Gasteiger partial charge in [-0.15, -0.1) is 0 Å². The highest BCUT2D eigenvalue weighted by Crippen LogP contribution is 2.22. The highest BCUT2D eigenvalue weighted by atomic mass is 16.4. The molecule has 1 aliphatic rings. The third-order valence-corrected chi connectivity index (χ3v) is 3.66. The average molecular weight is 278 g/mol. The number of likely N-dealkylation sites (N-methyl/N-ethyl adjacent to an activating group) is 1. The van der Waals surface area contributed by atoms with Gasteiger partial charge in [0.15, 0.2) is 5.84 Å². The van der Waals surface area contributed by atoms with E-state index in [1.807, 2.05) is 19.2 Å². The van der Waals surface area contributed by atoms with Crippen molar-refractivity contribution in [2.75, 3.05) is 25.0 Å². The molecule has 0 unspecified atom stereocenters. The maximum Gasteiger partial charge on any atom is 0.407 e. The highest BCUT2D eigenvalue weighted by Gasteiger charge is 2.28. The lowest BCUT2D eigenvalue weighted by Gasteiger charge is -2.26. The highest BCUT2D eigenvalue weighted by molar-refractivity contribution is 5.97. The van der Waals surface area contributed by atoms with Crippen LogP contribution in [-0.4, -0.2) is 53.3 Å². The van der Waals surface area contributed by atoms with Crippen molar-refractivity contribution >= 4 is 17.6 Å². The van der Waals surface area contributed by atoms with E-state index in [4.69, 9.17) is 16.0 Å². The number of hydrogen-bond acceptors (Lipinski definition) is 4. The first kappa shape index (κ1) is 14.0. The summed E-state index contributed by atoms with van der Waals surface area (Å²) in [5.74, 6) is 0.0668. The first-order valence-electron chi connectivity index (χ1n) is 6.31. The lowest BCUT2D eigenvalue weighted by molar-refractivity contribution is 0.155. The molecule has 0 radical (unpaired) electrons. The Balaban J connectivity index is 2.06. The average Bonchev–Trinajstić information content (AvgIpc) is 2.96. The molecular weight excluding hydrogens is 260 g/mol. The molecule has 1 fully saturated rings. The summed E-state index contributed by atoms with van der Waals surface area (Å²) in [4.78, 5) is 14.4. The largest absolute Gasteiger partial charge is 0.465 e. The number of anilines is 1. The Labute approximate surface area is 116 Å². The van der Waals surface area contributed by atoms with Crippen molar-refractivity contribution in [2.24, 2.45) is 10.9 Å². The molecule has 1 saturated heterocycles. The molecule has 1 aliphatic heterocycles. The van der Waals surface area contributed by atoms with Crippen LogP contribution in [0.2, 0.25) is 0 Å². The monoisotopic (exact) mass is 278 g/mol. The van der Waals surface area contributed by atoms with E-state index in [2.05, 4.69) is 10.1 Å². The molecule has 0 aliphatic carbocycles. The van der Waals surface area contributed by atoms with Crippen molar-refractivity contribution in [3.05, 3.63) is 29.8 Å². The standard InChI is InChI=1S/C13H18N4O3/c1-16(11-6-7-17(8-11)13(18)19)10-4-2-9(3-5-10)12(14)15-20/h2-5,11,20H,6-8H2,1H3,(H2,14,15)(H,18,19)/t11-/m0/s1. The second-order valence-corrected chi connectivity index (χ2v) is 4.81. The van der Waals surface area contributed by atoms with Gasteiger partial charge >= 0.3 is 6.09 Å². The van der Waals surface area contributed by atoms with Gasteiger partial charge in [0.25, 0.3) is 0 Å². The molecule has 1 amide bonds. The van der Waals surface area contributed by atoms with Crippen LogP contribution in [0.25, 0.3) is 0 Å². The van der Waals surface area contributed by atoms with Crippen molar-refractivity contribution in [1.82, 2.24) is 4.90 Å². The number of rotatable bonds is 3. The zero-order valence-electron chi connectivity index (χ0n) is 11.2. The Kier molecular flexibility index (Phi) is 3.97. The lowest BCUT2D eigenvalue weighted by Crippen LogP contribution is -2.36. The lowest BCUT2D eigenvalue weighted by atomic mass is 10.1. The van der Waals surface area contributed by atoms with Crippen molar-refractivity contribution in [1.29, 1.82) is 0 Å². The molecule has 1 aromatic carbocycles. The van der Waals surface area contributed by atoms with Gasteiger partial charge in [0.2, 0.25) is 0 Å². The van der Waals surface area contributed by atoms with E-state index in [0.29, 0.717) is 18.7 Å². The summed E-state index contributed by atoms with van der Waals surface area (Å²) in [5, 5.41) is 20.5. The zero-order chi connectivity index (χ0) is 14.7. The molecule has 20 heavy (non-hydrogen) atoms. The Morgan fingerprint density at radius 2 is 2.10 bits per heavy atom. The first-order valence-corrected chi connectivity index (χ1v) is 6.31. The normalized spacial score (nSPS) is 19.1. The number of oxime groups is 1. The summed E-state index contributed by atoms with van der Waals surface area (Å²) in [6.45, 7) is 1.07. The van der Waals surface area contributed by atoms with Crippen LogP contribution >= 0.6 is 0 Å². The quantitative estimate of drug-likeness (QED) is 0.331. The molecule has 1 heterocycles. The molecule has 7 nitrogen and oxygen atoms in total. The maximum absolute atomic E-state index is 10.9. The molecular formula is C13H18N4O3. The number of amides is 1. The molecule has 7 heteroatoms. The van der Waals surface area contributed by atoms with Crippen LogP contribution in [0.15, 0.2) is 29.4 Å². The van der Waals surface area contributed by atoms with Crippen LogP contribution in [0.4, 0.5) is 10.5 Å². The smallest absolute Gasteiger partial charge is 0.407 e. The number of carboxylic acid groups (broad SMARTS) is 1. The van der Waals surface area contributed by atoms with Crippen molar-refractivity contribution in [2.45, 2.75) is 12.5 Å². The minimum absolute atomic E-state index is 0.0668. The molecule has 2 rings (SSSR count). The van der Waals surface area contributed by atoms with Gasteiger partial charge in [-0.3, -0.25) is 0 Å². The second kappa shape index (κ2) is 5.68. The molecule has 108 valence electrons. The van der Waals surface area contributed by atoms with Gasteiger partial charge in [-0.25, -0.2) is 4.79 Å². The fourth-order valence-electron chi connectivity index (χ4n) is 2.37. The van der Waals surface area contributed by atoms with Gasteiger partial charge in [-0.1, -0.05) is 5.16 Å². The Morgan fingerprint density at radius 1 is 1.45 bits per heavy atom. The van der Waals surface area contributed by atoms with Crippen LogP contribution in [0.5, 0.6) is 0 Å². The second-order valence-electron chi connectivity index (χ2n) is 4.81. The predicted octanol–water partition coefficient (Wildman–Crippen LogP) is 0.970. The van der Waals surface area contributed by atoms with E-state index < -0.39 is 6.09 Å². The summed E-state index contributed by atoms with van der Waals surface area (Å²) in [6.07, 6.45) is -0.0618. The fraction of sp³-hybridized carbons (Fsp3) is 0.385. The predicted molar refractivity (Wildman–Crippen MR) is 75.4 cm³/mol. The van der Waals surface area contributed by atoms with Gasteiger partial charge in [0.05, 0.1) is 0 Å². The number of amidine groups is 1. The van der Waals surface area contributed by atoms with E-state index in [-0.39, 0.29) is 11.9 Å². The Morgan fingerprint density at radius 3 is 2.60 bits per heavy atom. The van der Waals surface area contributed by atoms with E-state index in [9.17, 15) is 4.79 Å². The van der Waals surface area contributed by atoms with E-state index in [0.717, 1.165) is 12.1 Å². The van der Waals surface area contributed by atoms with Crippen molar-refractivity contribution < 1.29 is 15.1 Å². The third kappa shape index (κ3) is 2.76. The van der Waals surface area contributed by atoms with Crippen molar-refractivity contribution in [3.8, 4) is 0 Å². The topological polar surface area (TPSA) is 102 Å². The minimum Gasteiger partial charge on any atom is -0.465 e. The molecule has 1 atom stereocenters. The van der Waals surface area contributed by atoms with Crippen LogP contribution < -0.4 is 10.6 Å². The van der Waals surface area contributed by atoms with Gasteiger partial charge in [-0.2, -0.15) is 0 Å². The van der Waals surface area contributed by atoms with Gasteiger partial charge in [0, 0.05) is 37.4 Å². The van der Waals surface area contributed by atoms with Crippen LogP contribution in [0.1, 0.15) is 12.0 Å². The molecule has 0 aromatic heterocycles. The van der Waals surface area contributed by atoms with Gasteiger partial charge in [-0.05, 0) is 30.7 Å². The summed E-state index contributed by atoms with van der Waals surface area (Å²) in [5.41, 5.74) is 7.12. The number of carbonyl (C=O) groups is 1. The summed E-state index contributed by atoms with van der Waals surface area (Å²) in [7, 11) is 1.94. The van der Waals surface area contributed by atoms with Crippen molar-refractivity contribution in [3.63, 3.8) is 0 Å². The number of benzene rings is 1. The number of nitrogens with zero attached hydrogens (tertiary/aromatic N) is 3. The Hall–Kier alpha value is -2.44.